The van der Waals surface area contributed by atoms with Gasteiger partial charge in [0, 0.05) is 13.0 Å². The van der Waals surface area contributed by atoms with Crippen LogP contribution in [0.2, 0.25) is 0 Å². The molecule has 2 rings (SSSR count). The maximum Gasteiger partial charge on any atom is 0.227 e. The zero-order chi connectivity index (χ0) is 14.4. The lowest BCUT2D eigenvalue weighted by atomic mass is 10.3. The number of aromatic nitrogens is 1. The lowest BCUT2D eigenvalue weighted by Crippen LogP contribution is -2.25. The van der Waals surface area contributed by atoms with Crippen LogP contribution in [0.15, 0.2) is 24.3 Å². The van der Waals surface area contributed by atoms with Gasteiger partial charge in [0.05, 0.1) is 10.2 Å². The van der Waals surface area contributed by atoms with Gasteiger partial charge in [-0.1, -0.05) is 36.8 Å². The van der Waals surface area contributed by atoms with E-state index in [-0.39, 0.29) is 5.91 Å². The Bertz CT molecular complexity index is 534. The molecule has 0 aliphatic rings. The molecule has 1 aromatic heterocycles. The Labute approximate surface area is 123 Å². The lowest BCUT2D eigenvalue weighted by molar-refractivity contribution is -0.116. The molecule has 0 saturated heterocycles. The summed E-state index contributed by atoms with van der Waals surface area (Å²) in [5, 5.41) is 3.57. The second-order valence-electron chi connectivity index (χ2n) is 4.94. The summed E-state index contributed by atoms with van der Waals surface area (Å²) in [5.74, 6) is 0.0346. The van der Waals surface area contributed by atoms with Crippen LogP contribution in [0.5, 0.6) is 0 Å². The Morgan fingerprint density at radius 3 is 2.90 bits per heavy atom. The quantitative estimate of drug-likeness (QED) is 0.851. The number of thiazole rings is 1. The number of nitrogens with one attached hydrogen (secondary N) is 1. The standard InChI is InChI=1S/C15H21N3OS/c1-3-4-10-18(2)11-9-14(19)17-15-16-12-7-5-6-8-13(12)20-15/h5-8H,3-4,9-11H2,1-2H3,(H,16,17,19). The van der Waals surface area contributed by atoms with Gasteiger partial charge < -0.3 is 10.2 Å². The lowest BCUT2D eigenvalue weighted by Gasteiger charge is -2.15. The van der Waals surface area contributed by atoms with Crippen molar-refractivity contribution in [3.8, 4) is 0 Å². The van der Waals surface area contributed by atoms with Gasteiger partial charge in [0.1, 0.15) is 0 Å². The average molecular weight is 291 g/mol. The molecule has 0 fully saturated rings. The van der Waals surface area contributed by atoms with Crippen molar-refractivity contribution >= 4 is 32.6 Å². The molecule has 1 heterocycles. The molecular formula is C15H21N3OS. The first-order valence-electron chi connectivity index (χ1n) is 7.03. The first-order chi connectivity index (χ1) is 9.69. The molecule has 108 valence electrons. The fourth-order valence-electron chi connectivity index (χ4n) is 1.94. The van der Waals surface area contributed by atoms with Crippen molar-refractivity contribution < 1.29 is 4.79 Å². The van der Waals surface area contributed by atoms with E-state index in [1.807, 2.05) is 24.3 Å². The molecule has 0 atom stereocenters. The third-order valence-corrected chi connectivity index (χ3v) is 4.11. The van der Waals surface area contributed by atoms with E-state index in [0.717, 1.165) is 23.3 Å². The van der Waals surface area contributed by atoms with Crippen LogP contribution in [-0.4, -0.2) is 35.9 Å². The van der Waals surface area contributed by atoms with Gasteiger partial charge in [-0.25, -0.2) is 4.98 Å². The first kappa shape index (κ1) is 14.9. The maximum absolute atomic E-state index is 11.9. The van der Waals surface area contributed by atoms with E-state index in [1.54, 1.807) is 0 Å². The SMILES string of the molecule is CCCCN(C)CCC(=O)Nc1nc2ccccc2s1. The molecule has 0 unspecified atom stereocenters. The summed E-state index contributed by atoms with van der Waals surface area (Å²) in [6, 6.07) is 7.91. The van der Waals surface area contributed by atoms with E-state index in [2.05, 4.69) is 29.2 Å². The molecule has 1 aromatic carbocycles. The highest BCUT2D eigenvalue weighted by atomic mass is 32.1. The summed E-state index contributed by atoms with van der Waals surface area (Å²) in [5.41, 5.74) is 0.938. The van der Waals surface area contributed by atoms with E-state index in [9.17, 15) is 4.79 Å². The number of hydrogen-bond donors (Lipinski definition) is 1. The Hall–Kier alpha value is -1.46. The zero-order valence-corrected chi connectivity index (χ0v) is 12.9. The number of nitrogens with zero attached hydrogens (tertiary/aromatic N) is 2. The van der Waals surface area contributed by atoms with Gasteiger partial charge >= 0.3 is 0 Å². The van der Waals surface area contributed by atoms with Crippen LogP contribution in [0.3, 0.4) is 0 Å². The van der Waals surface area contributed by atoms with Crippen molar-refractivity contribution in [2.24, 2.45) is 0 Å². The summed E-state index contributed by atoms with van der Waals surface area (Å²) in [6.07, 6.45) is 2.87. The monoisotopic (exact) mass is 291 g/mol. The van der Waals surface area contributed by atoms with Crippen molar-refractivity contribution in [1.82, 2.24) is 9.88 Å². The first-order valence-corrected chi connectivity index (χ1v) is 7.84. The number of carbonyl (C=O) groups excluding carboxylic acids is 1. The fraction of sp³-hybridized carbons (Fsp3) is 0.467. The highest BCUT2D eigenvalue weighted by molar-refractivity contribution is 7.22. The van der Waals surface area contributed by atoms with E-state index < -0.39 is 0 Å². The minimum absolute atomic E-state index is 0.0346. The number of rotatable bonds is 7. The minimum Gasteiger partial charge on any atom is -0.306 e. The van der Waals surface area contributed by atoms with E-state index in [1.165, 1.54) is 24.2 Å². The van der Waals surface area contributed by atoms with Crippen LogP contribution >= 0.6 is 11.3 Å². The second-order valence-corrected chi connectivity index (χ2v) is 5.97. The topological polar surface area (TPSA) is 45.2 Å². The van der Waals surface area contributed by atoms with Crippen LogP contribution in [-0.2, 0) is 4.79 Å². The average Bonchev–Trinajstić information content (AvgIpc) is 2.84. The third kappa shape index (κ3) is 4.28. The summed E-state index contributed by atoms with van der Waals surface area (Å²) in [4.78, 5) is 18.5. The molecule has 20 heavy (non-hydrogen) atoms. The van der Waals surface area contributed by atoms with Crippen LogP contribution in [0.25, 0.3) is 10.2 Å². The van der Waals surface area contributed by atoms with Crippen LogP contribution in [0.4, 0.5) is 5.13 Å². The molecule has 4 nitrogen and oxygen atoms in total. The minimum atomic E-state index is 0.0346. The molecule has 0 saturated carbocycles. The number of para-hydroxylation sites is 1. The van der Waals surface area contributed by atoms with Crippen molar-refractivity contribution in [3.05, 3.63) is 24.3 Å². The zero-order valence-electron chi connectivity index (χ0n) is 12.1. The number of anilines is 1. The maximum atomic E-state index is 11.9. The van der Waals surface area contributed by atoms with Gasteiger partial charge in [0.2, 0.25) is 5.91 Å². The van der Waals surface area contributed by atoms with Crippen LogP contribution < -0.4 is 5.32 Å². The smallest absolute Gasteiger partial charge is 0.227 e. The predicted octanol–water partition coefficient (Wildman–Crippen LogP) is 3.36. The van der Waals surface area contributed by atoms with Crippen molar-refractivity contribution in [3.63, 3.8) is 0 Å². The molecule has 0 aliphatic carbocycles. The number of carbonyl (C=O) groups is 1. The largest absolute Gasteiger partial charge is 0.306 e. The number of unbranched alkanes of at least 4 members (excludes halogenated alkanes) is 1. The Morgan fingerprint density at radius 2 is 2.15 bits per heavy atom. The highest BCUT2D eigenvalue weighted by Crippen LogP contribution is 2.25. The van der Waals surface area contributed by atoms with Gasteiger partial charge in [-0.15, -0.1) is 0 Å². The number of benzene rings is 1. The number of hydrogen-bond acceptors (Lipinski definition) is 4. The summed E-state index contributed by atoms with van der Waals surface area (Å²) >= 11 is 1.52. The molecule has 1 amide bonds. The van der Waals surface area contributed by atoms with Gasteiger partial charge in [0.25, 0.3) is 0 Å². The summed E-state index contributed by atoms with van der Waals surface area (Å²) in [7, 11) is 2.06. The molecule has 0 spiro atoms. The molecule has 0 aliphatic heterocycles. The Morgan fingerprint density at radius 1 is 1.35 bits per heavy atom. The summed E-state index contributed by atoms with van der Waals surface area (Å²) < 4.78 is 1.10. The molecule has 5 heteroatoms. The van der Waals surface area contributed by atoms with E-state index in [0.29, 0.717) is 11.6 Å². The fourth-order valence-corrected chi connectivity index (χ4v) is 2.82. The number of amides is 1. The van der Waals surface area contributed by atoms with Crippen molar-refractivity contribution in [1.29, 1.82) is 0 Å². The summed E-state index contributed by atoms with van der Waals surface area (Å²) in [6.45, 7) is 4.01. The molecule has 1 N–H and O–H groups in total. The third-order valence-electron chi connectivity index (χ3n) is 3.15. The molecular weight excluding hydrogens is 270 g/mol. The van der Waals surface area contributed by atoms with Gasteiger partial charge in [-0.05, 0) is 32.1 Å². The van der Waals surface area contributed by atoms with E-state index >= 15 is 0 Å². The van der Waals surface area contributed by atoms with Gasteiger partial charge in [-0.2, -0.15) is 0 Å². The van der Waals surface area contributed by atoms with Crippen LogP contribution in [0.1, 0.15) is 26.2 Å². The molecule has 0 radical (unpaired) electrons. The highest BCUT2D eigenvalue weighted by Gasteiger charge is 2.08. The van der Waals surface area contributed by atoms with Crippen molar-refractivity contribution in [2.75, 3.05) is 25.5 Å². The molecule has 2 aromatic rings. The van der Waals surface area contributed by atoms with Gasteiger partial charge in [0.15, 0.2) is 5.13 Å². The predicted molar refractivity (Wildman–Crippen MR) is 85.3 cm³/mol. The van der Waals surface area contributed by atoms with Crippen molar-refractivity contribution in [2.45, 2.75) is 26.2 Å². The van der Waals surface area contributed by atoms with Gasteiger partial charge in [-0.3, -0.25) is 4.79 Å². The Kier molecular flexibility index (Phi) is 5.49. The Balaban J connectivity index is 1.82. The second kappa shape index (κ2) is 7.36. The van der Waals surface area contributed by atoms with Crippen LogP contribution in [0, 0.1) is 0 Å². The normalized spacial score (nSPS) is 11.2. The number of fused-ring (bicyclic) bond motifs is 1. The van der Waals surface area contributed by atoms with E-state index in [4.69, 9.17) is 0 Å². The molecule has 0 bridgehead atoms.